The van der Waals surface area contributed by atoms with Gasteiger partial charge >= 0.3 is 0 Å². The molecule has 0 aliphatic carbocycles. The maximum absolute atomic E-state index is 5.70. The molecule has 3 heteroatoms. The van der Waals surface area contributed by atoms with Crippen LogP contribution in [0.15, 0.2) is 48.5 Å². The van der Waals surface area contributed by atoms with Gasteiger partial charge < -0.3 is 16.4 Å². The number of anilines is 4. The second-order valence-electron chi connectivity index (χ2n) is 6.02. The average molecular weight is 311 g/mol. The highest BCUT2D eigenvalue weighted by molar-refractivity contribution is 5.63. The second kappa shape index (κ2) is 9.78. The van der Waals surface area contributed by atoms with Crippen molar-refractivity contribution in [3.05, 3.63) is 48.5 Å². The van der Waals surface area contributed by atoms with Gasteiger partial charge in [0.05, 0.1) is 0 Å². The number of rotatable bonds is 10. The molecule has 0 aliphatic rings. The van der Waals surface area contributed by atoms with Crippen molar-refractivity contribution >= 4 is 22.7 Å². The topological polar surface area (TPSA) is 50.1 Å². The molecule has 0 saturated carbocycles. The highest BCUT2D eigenvalue weighted by Crippen LogP contribution is 2.20. The molecule has 4 N–H and O–H groups in total. The molecule has 0 bridgehead atoms. The zero-order chi connectivity index (χ0) is 16.3. The summed E-state index contributed by atoms with van der Waals surface area (Å²) < 4.78 is 0. The Morgan fingerprint density at radius 3 is 1.87 bits per heavy atom. The summed E-state index contributed by atoms with van der Waals surface area (Å²) in [7, 11) is 0. The van der Waals surface area contributed by atoms with Crippen LogP contribution in [0.3, 0.4) is 0 Å². The molecule has 0 spiro atoms. The normalized spacial score (nSPS) is 10.5. The maximum atomic E-state index is 5.70. The lowest BCUT2D eigenvalue weighted by atomic mass is 10.1. The molecule has 23 heavy (non-hydrogen) atoms. The second-order valence-corrected chi connectivity index (χ2v) is 6.02. The molecule has 3 nitrogen and oxygen atoms in total. The molecule has 2 aromatic carbocycles. The van der Waals surface area contributed by atoms with E-state index in [9.17, 15) is 0 Å². The van der Waals surface area contributed by atoms with Gasteiger partial charge in [-0.3, -0.25) is 0 Å². The molecule has 0 fully saturated rings. The van der Waals surface area contributed by atoms with Crippen LogP contribution in [0.2, 0.25) is 0 Å². The average Bonchev–Trinajstić information content (AvgIpc) is 2.58. The summed E-state index contributed by atoms with van der Waals surface area (Å²) in [6.07, 6.45) is 7.99. The minimum Gasteiger partial charge on any atom is -0.399 e. The van der Waals surface area contributed by atoms with E-state index in [1.807, 2.05) is 24.3 Å². The Morgan fingerprint density at radius 1 is 0.696 bits per heavy atom. The Hall–Kier alpha value is -2.16. The van der Waals surface area contributed by atoms with Crippen molar-refractivity contribution in [1.82, 2.24) is 0 Å². The highest BCUT2D eigenvalue weighted by Gasteiger charge is 1.96. The standard InChI is InChI=1S/C20H29N3/c1-2-3-4-5-6-7-16-22-18-12-14-20(15-13-18)23-19-10-8-17(21)9-11-19/h8-15,22-23H,2-7,16,21H2,1H3. The Bertz CT molecular complexity index is 546. The minimum absolute atomic E-state index is 0.782. The zero-order valence-corrected chi connectivity index (χ0v) is 14.1. The fourth-order valence-corrected chi connectivity index (χ4v) is 2.54. The van der Waals surface area contributed by atoms with Crippen molar-refractivity contribution in [1.29, 1.82) is 0 Å². The monoisotopic (exact) mass is 311 g/mol. The van der Waals surface area contributed by atoms with E-state index in [1.165, 1.54) is 44.2 Å². The van der Waals surface area contributed by atoms with E-state index in [1.54, 1.807) is 0 Å². The van der Waals surface area contributed by atoms with Crippen molar-refractivity contribution in [2.45, 2.75) is 45.4 Å². The molecule has 0 unspecified atom stereocenters. The number of hydrogen-bond acceptors (Lipinski definition) is 3. The Balaban J connectivity index is 1.69. The largest absolute Gasteiger partial charge is 0.399 e. The van der Waals surface area contributed by atoms with Gasteiger partial charge in [0.25, 0.3) is 0 Å². The van der Waals surface area contributed by atoms with Gasteiger partial charge in [-0.25, -0.2) is 0 Å². The third kappa shape index (κ3) is 6.64. The van der Waals surface area contributed by atoms with Gasteiger partial charge in [0.15, 0.2) is 0 Å². The molecular weight excluding hydrogens is 282 g/mol. The molecule has 0 aromatic heterocycles. The van der Waals surface area contributed by atoms with E-state index in [0.29, 0.717) is 0 Å². The van der Waals surface area contributed by atoms with Crippen LogP contribution in [0.1, 0.15) is 45.4 Å². The van der Waals surface area contributed by atoms with Crippen LogP contribution in [-0.2, 0) is 0 Å². The summed E-state index contributed by atoms with van der Waals surface area (Å²) in [5.74, 6) is 0. The first-order chi connectivity index (χ1) is 11.3. The fraction of sp³-hybridized carbons (Fsp3) is 0.400. The summed E-state index contributed by atoms with van der Waals surface area (Å²) in [6, 6.07) is 16.2. The van der Waals surface area contributed by atoms with Gasteiger partial charge in [-0.05, 0) is 55.0 Å². The van der Waals surface area contributed by atoms with Crippen molar-refractivity contribution < 1.29 is 0 Å². The number of hydrogen-bond donors (Lipinski definition) is 3. The van der Waals surface area contributed by atoms with Crippen molar-refractivity contribution in [2.75, 3.05) is 22.9 Å². The molecule has 2 aromatic rings. The summed E-state index contributed by atoms with van der Waals surface area (Å²) in [6.45, 7) is 3.31. The predicted octanol–water partition coefficient (Wildman–Crippen LogP) is 5.78. The third-order valence-electron chi connectivity index (χ3n) is 3.94. The van der Waals surface area contributed by atoms with Crippen LogP contribution in [0, 0.1) is 0 Å². The van der Waals surface area contributed by atoms with Gasteiger partial charge in [0.1, 0.15) is 0 Å². The molecular formula is C20H29N3. The van der Waals surface area contributed by atoms with Gasteiger partial charge in [-0.15, -0.1) is 0 Å². The highest BCUT2D eigenvalue weighted by atomic mass is 14.9. The van der Waals surface area contributed by atoms with E-state index in [2.05, 4.69) is 41.8 Å². The van der Waals surface area contributed by atoms with Crippen LogP contribution in [0.5, 0.6) is 0 Å². The quantitative estimate of drug-likeness (QED) is 0.385. The van der Waals surface area contributed by atoms with Crippen molar-refractivity contribution in [2.24, 2.45) is 0 Å². The molecule has 0 radical (unpaired) electrons. The minimum atomic E-state index is 0.782. The zero-order valence-electron chi connectivity index (χ0n) is 14.1. The van der Waals surface area contributed by atoms with E-state index >= 15 is 0 Å². The third-order valence-corrected chi connectivity index (χ3v) is 3.94. The molecule has 0 atom stereocenters. The van der Waals surface area contributed by atoms with Gasteiger partial charge in [-0.1, -0.05) is 39.0 Å². The summed E-state index contributed by atoms with van der Waals surface area (Å²) >= 11 is 0. The first-order valence-corrected chi connectivity index (χ1v) is 8.74. The molecule has 0 amide bonds. The molecule has 124 valence electrons. The summed E-state index contributed by atoms with van der Waals surface area (Å²) in [4.78, 5) is 0. The summed E-state index contributed by atoms with van der Waals surface area (Å²) in [5.41, 5.74) is 9.79. The van der Waals surface area contributed by atoms with Gasteiger partial charge in [0.2, 0.25) is 0 Å². The van der Waals surface area contributed by atoms with Crippen LogP contribution in [0.25, 0.3) is 0 Å². The lowest BCUT2D eigenvalue weighted by molar-refractivity contribution is 0.617. The van der Waals surface area contributed by atoms with Crippen LogP contribution >= 0.6 is 0 Å². The first kappa shape index (κ1) is 17.2. The Kier molecular flexibility index (Phi) is 7.31. The van der Waals surface area contributed by atoms with E-state index in [-0.39, 0.29) is 0 Å². The molecule has 0 saturated heterocycles. The van der Waals surface area contributed by atoms with Crippen LogP contribution in [0.4, 0.5) is 22.7 Å². The maximum Gasteiger partial charge on any atom is 0.0385 e. The van der Waals surface area contributed by atoms with E-state index in [4.69, 9.17) is 5.73 Å². The number of nitrogens with one attached hydrogen (secondary N) is 2. The number of unbranched alkanes of at least 4 members (excludes halogenated alkanes) is 5. The van der Waals surface area contributed by atoms with E-state index in [0.717, 1.165) is 23.6 Å². The predicted molar refractivity (Wildman–Crippen MR) is 102 cm³/mol. The first-order valence-electron chi connectivity index (χ1n) is 8.74. The fourth-order valence-electron chi connectivity index (χ4n) is 2.54. The number of nitrogen functional groups attached to an aromatic ring is 1. The molecule has 0 heterocycles. The van der Waals surface area contributed by atoms with Gasteiger partial charge in [0, 0.05) is 29.3 Å². The van der Waals surface area contributed by atoms with Crippen molar-refractivity contribution in [3.8, 4) is 0 Å². The lowest BCUT2D eigenvalue weighted by Gasteiger charge is -2.09. The number of nitrogens with two attached hydrogens (primary N) is 1. The van der Waals surface area contributed by atoms with Crippen LogP contribution < -0.4 is 16.4 Å². The molecule has 0 aliphatic heterocycles. The van der Waals surface area contributed by atoms with Crippen LogP contribution in [-0.4, -0.2) is 6.54 Å². The lowest BCUT2D eigenvalue weighted by Crippen LogP contribution is -2.01. The Labute approximate surface area is 140 Å². The smallest absolute Gasteiger partial charge is 0.0385 e. The van der Waals surface area contributed by atoms with Crippen molar-refractivity contribution in [3.63, 3.8) is 0 Å². The Morgan fingerprint density at radius 2 is 1.22 bits per heavy atom. The van der Waals surface area contributed by atoms with Gasteiger partial charge in [-0.2, -0.15) is 0 Å². The molecule has 2 rings (SSSR count). The summed E-state index contributed by atoms with van der Waals surface area (Å²) in [5, 5.41) is 6.86. The van der Waals surface area contributed by atoms with E-state index < -0.39 is 0 Å². The number of benzene rings is 2. The SMILES string of the molecule is CCCCCCCCNc1ccc(Nc2ccc(N)cc2)cc1.